The molecule has 0 saturated carbocycles. The summed E-state index contributed by atoms with van der Waals surface area (Å²) in [4.78, 5) is 17.1. The molecule has 0 spiro atoms. The summed E-state index contributed by atoms with van der Waals surface area (Å²) in [5.41, 5.74) is 2.61. The maximum absolute atomic E-state index is 13.3. The van der Waals surface area contributed by atoms with Gasteiger partial charge in [-0.25, -0.2) is 9.37 Å². The van der Waals surface area contributed by atoms with E-state index in [1.807, 2.05) is 13.8 Å². The lowest BCUT2D eigenvalue weighted by Crippen LogP contribution is -2.13. The molecule has 0 aliphatic carbocycles. The van der Waals surface area contributed by atoms with Gasteiger partial charge in [0.2, 0.25) is 0 Å². The van der Waals surface area contributed by atoms with Gasteiger partial charge in [-0.15, -0.1) is 0 Å². The molecule has 2 aromatic carbocycles. The lowest BCUT2D eigenvalue weighted by molar-refractivity contribution is 0.102. The van der Waals surface area contributed by atoms with Crippen molar-refractivity contribution in [2.45, 2.75) is 20.5 Å². The molecular weight excluding hydrogens is 381 g/mol. The molecule has 0 atom stereocenters. The number of aromatic nitrogens is 2. The summed E-state index contributed by atoms with van der Waals surface area (Å²) < 4.78 is 25.0. The summed E-state index contributed by atoms with van der Waals surface area (Å²) in [6, 6.07) is 11.3. The van der Waals surface area contributed by atoms with Crippen molar-refractivity contribution in [3.63, 3.8) is 0 Å². The van der Waals surface area contributed by atoms with Crippen molar-refractivity contribution in [1.82, 2.24) is 10.1 Å². The highest BCUT2D eigenvalue weighted by Crippen LogP contribution is 2.28. The van der Waals surface area contributed by atoms with Crippen molar-refractivity contribution in [3.8, 4) is 5.75 Å². The van der Waals surface area contributed by atoms with E-state index in [1.54, 1.807) is 30.3 Å². The van der Waals surface area contributed by atoms with Crippen LogP contribution in [0.25, 0.3) is 10.2 Å². The lowest BCUT2D eigenvalue weighted by atomic mass is 10.2. The number of para-hydroxylation sites is 1. The maximum atomic E-state index is 13.3. The Hall–Kier alpha value is -3.26. The van der Waals surface area contributed by atoms with Crippen LogP contribution in [0.3, 0.4) is 0 Å². The van der Waals surface area contributed by atoms with E-state index >= 15 is 0 Å². The lowest BCUT2D eigenvalue weighted by Gasteiger charge is -2.10. The van der Waals surface area contributed by atoms with Gasteiger partial charge in [-0.1, -0.05) is 28.6 Å². The number of anilines is 1. The van der Waals surface area contributed by atoms with Crippen LogP contribution < -0.4 is 10.1 Å². The van der Waals surface area contributed by atoms with Crippen molar-refractivity contribution >= 4 is 32.6 Å². The van der Waals surface area contributed by atoms with Crippen molar-refractivity contribution in [2.24, 2.45) is 0 Å². The zero-order chi connectivity index (χ0) is 19.7. The van der Waals surface area contributed by atoms with Gasteiger partial charge in [-0.05, 0) is 44.2 Å². The Bertz CT molecular complexity index is 1150. The standard InChI is InChI=1S/C20H16FN3O3S/c1-11-15(12(2)27-24-11)10-26-17-6-4-3-5-14(17)19(25)23-20-22-16-8-7-13(21)9-18(16)28-20/h3-9H,10H2,1-2H3,(H,22,23,25). The predicted octanol–water partition coefficient (Wildman–Crippen LogP) is 4.87. The largest absolute Gasteiger partial charge is 0.488 e. The number of fused-ring (bicyclic) bond motifs is 1. The third kappa shape index (κ3) is 3.59. The number of carbonyl (C=O) groups excluding carboxylic acids is 1. The fourth-order valence-corrected chi connectivity index (χ4v) is 3.64. The van der Waals surface area contributed by atoms with Crippen molar-refractivity contribution in [3.05, 3.63) is 70.9 Å². The normalized spacial score (nSPS) is 11.0. The number of benzene rings is 2. The van der Waals surface area contributed by atoms with Gasteiger partial charge in [0.15, 0.2) is 5.13 Å². The van der Waals surface area contributed by atoms with Crippen LogP contribution in [0.1, 0.15) is 27.4 Å². The second-order valence-corrected chi connectivity index (χ2v) is 7.20. The van der Waals surface area contributed by atoms with E-state index in [9.17, 15) is 9.18 Å². The number of carbonyl (C=O) groups is 1. The van der Waals surface area contributed by atoms with Crippen LogP contribution in [0.2, 0.25) is 0 Å². The highest BCUT2D eigenvalue weighted by Gasteiger charge is 2.16. The monoisotopic (exact) mass is 397 g/mol. The third-order valence-corrected chi connectivity index (χ3v) is 5.19. The first-order valence-corrected chi connectivity index (χ1v) is 9.34. The van der Waals surface area contributed by atoms with Crippen LogP contribution in [-0.4, -0.2) is 16.0 Å². The zero-order valence-corrected chi connectivity index (χ0v) is 16.0. The Labute approximate surface area is 164 Å². The van der Waals surface area contributed by atoms with E-state index in [1.165, 1.54) is 23.5 Å². The molecule has 1 amide bonds. The smallest absolute Gasteiger partial charge is 0.261 e. The number of aryl methyl sites for hydroxylation is 2. The van der Waals surface area contributed by atoms with Gasteiger partial charge in [-0.2, -0.15) is 0 Å². The number of thiazole rings is 1. The van der Waals surface area contributed by atoms with Crippen LogP contribution in [0, 0.1) is 19.7 Å². The van der Waals surface area contributed by atoms with Crippen LogP contribution in [0.15, 0.2) is 47.0 Å². The van der Waals surface area contributed by atoms with Gasteiger partial charge in [0.25, 0.3) is 5.91 Å². The number of hydrogen-bond donors (Lipinski definition) is 1. The van der Waals surface area contributed by atoms with Crippen LogP contribution in [0.4, 0.5) is 9.52 Å². The van der Waals surface area contributed by atoms with Crippen molar-refractivity contribution in [1.29, 1.82) is 0 Å². The average Bonchev–Trinajstić information content (AvgIpc) is 3.22. The number of ether oxygens (including phenoxy) is 1. The molecule has 6 nitrogen and oxygen atoms in total. The third-order valence-electron chi connectivity index (χ3n) is 4.26. The molecule has 0 saturated heterocycles. The maximum Gasteiger partial charge on any atom is 0.261 e. The predicted molar refractivity (Wildman–Crippen MR) is 104 cm³/mol. The van der Waals surface area contributed by atoms with Gasteiger partial charge >= 0.3 is 0 Å². The molecule has 0 bridgehead atoms. The number of amides is 1. The highest BCUT2D eigenvalue weighted by molar-refractivity contribution is 7.22. The molecule has 1 N–H and O–H groups in total. The molecule has 0 radical (unpaired) electrons. The first-order chi connectivity index (χ1) is 13.5. The molecule has 0 aliphatic heterocycles. The summed E-state index contributed by atoms with van der Waals surface area (Å²) >= 11 is 1.21. The van der Waals surface area contributed by atoms with E-state index in [0.717, 1.165) is 11.3 Å². The molecule has 8 heteroatoms. The molecule has 0 fully saturated rings. The number of halogens is 1. The quantitative estimate of drug-likeness (QED) is 0.520. The molecular formula is C20H16FN3O3S. The van der Waals surface area contributed by atoms with Gasteiger partial charge in [0.05, 0.1) is 27.0 Å². The molecule has 4 rings (SSSR count). The molecule has 0 unspecified atom stereocenters. The molecule has 2 heterocycles. The Kier molecular flexibility index (Phi) is 4.79. The summed E-state index contributed by atoms with van der Waals surface area (Å²) in [6.45, 7) is 3.89. The van der Waals surface area contributed by atoms with Crippen LogP contribution >= 0.6 is 11.3 Å². The van der Waals surface area contributed by atoms with Crippen LogP contribution in [0.5, 0.6) is 5.75 Å². The molecule has 2 aromatic heterocycles. The number of nitrogens with one attached hydrogen (secondary N) is 1. The number of hydrogen-bond acceptors (Lipinski definition) is 6. The number of nitrogens with zero attached hydrogens (tertiary/aromatic N) is 2. The first-order valence-electron chi connectivity index (χ1n) is 8.52. The highest BCUT2D eigenvalue weighted by atomic mass is 32.1. The molecule has 28 heavy (non-hydrogen) atoms. The Morgan fingerprint density at radius 3 is 2.86 bits per heavy atom. The summed E-state index contributed by atoms with van der Waals surface area (Å²) in [6.07, 6.45) is 0. The van der Waals surface area contributed by atoms with E-state index in [4.69, 9.17) is 9.26 Å². The van der Waals surface area contributed by atoms with E-state index < -0.39 is 0 Å². The minimum Gasteiger partial charge on any atom is -0.488 e. The zero-order valence-electron chi connectivity index (χ0n) is 15.2. The molecule has 142 valence electrons. The summed E-state index contributed by atoms with van der Waals surface area (Å²) in [7, 11) is 0. The van der Waals surface area contributed by atoms with Crippen molar-refractivity contribution in [2.75, 3.05) is 5.32 Å². The topological polar surface area (TPSA) is 77.2 Å². The Morgan fingerprint density at radius 1 is 1.25 bits per heavy atom. The minimum absolute atomic E-state index is 0.242. The first kappa shape index (κ1) is 18.1. The average molecular weight is 397 g/mol. The molecule has 0 aliphatic rings. The van der Waals surface area contributed by atoms with Gasteiger partial charge in [0, 0.05) is 0 Å². The summed E-state index contributed by atoms with van der Waals surface area (Å²) in [5, 5.41) is 7.05. The van der Waals surface area contributed by atoms with Crippen molar-refractivity contribution < 1.29 is 18.4 Å². The Morgan fingerprint density at radius 2 is 2.07 bits per heavy atom. The fraction of sp³-hybridized carbons (Fsp3) is 0.150. The van der Waals surface area contributed by atoms with Gasteiger partial charge in [0.1, 0.15) is 23.9 Å². The van der Waals surface area contributed by atoms with Crippen LogP contribution in [-0.2, 0) is 6.61 Å². The van der Waals surface area contributed by atoms with Gasteiger partial charge in [-0.3, -0.25) is 10.1 Å². The number of rotatable bonds is 5. The minimum atomic E-state index is -0.353. The summed E-state index contributed by atoms with van der Waals surface area (Å²) in [5.74, 6) is 0.425. The molecule has 4 aromatic rings. The van der Waals surface area contributed by atoms with Gasteiger partial charge < -0.3 is 9.26 Å². The second-order valence-electron chi connectivity index (χ2n) is 6.17. The van der Waals surface area contributed by atoms with E-state index in [0.29, 0.717) is 32.4 Å². The SMILES string of the molecule is Cc1noc(C)c1COc1ccccc1C(=O)Nc1nc2ccc(F)cc2s1. The van der Waals surface area contributed by atoms with E-state index in [2.05, 4.69) is 15.5 Å². The fourth-order valence-electron chi connectivity index (χ4n) is 2.75. The second kappa shape index (κ2) is 7.40. The Balaban J connectivity index is 1.54. The van der Waals surface area contributed by atoms with E-state index in [-0.39, 0.29) is 18.3 Å².